The van der Waals surface area contributed by atoms with E-state index in [4.69, 9.17) is 71.5 Å². The average molecular weight is 632 g/mol. The van der Waals surface area contributed by atoms with Gasteiger partial charge in [0.2, 0.25) is 5.76 Å². The molecule has 0 fully saturated rings. The number of aliphatic carboxylic acids is 2. The Bertz CT molecular complexity index is 740. The van der Waals surface area contributed by atoms with E-state index in [0.29, 0.717) is 0 Å². The zero-order chi connectivity index (χ0) is 30.5. The minimum atomic E-state index is -2.31. The van der Waals surface area contributed by atoms with Gasteiger partial charge in [-0.2, -0.15) is 0 Å². The van der Waals surface area contributed by atoms with Gasteiger partial charge in [-0.25, -0.2) is 4.79 Å². The zero-order valence-corrected chi connectivity index (χ0v) is 22.8. The average Bonchev–Trinajstić information content (AvgIpc) is 3.16. The van der Waals surface area contributed by atoms with Gasteiger partial charge in [-0.15, -0.1) is 0 Å². The van der Waals surface area contributed by atoms with Gasteiger partial charge < -0.3 is 96.0 Å². The Kier molecular flexibility index (Phi) is 21.1. The van der Waals surface area contributed by atoms with Crippen molar-refractivity contribution in [2.75, 3.05) is 19.8 Å². The smallest absolute Gasteiger partial charge is 0.547 e. The van der Waals surface area contributed by atoms with Crippen LogP contribution in [0.25, 0.3) is 0 Å². The SMILES string of the molecule is O=C([O-])[C@H](O)[C@@H](O)[C@H](O)[C@H](O)CO.O=C([O-])[C@H](O)[C@@H](O)[C@H](O)[C@H](O)CO.O=C1O[C@H]([C@@H](O)CO)C(O)=C1O.[Zn+2]. The number of esters is 1. The molecule has 0 aromatic rings. The third kappa shape index (κ3) is 13.2. The van der Waals surface area contributed by atoms with Crippen molar-refractivity contribution in [1.82, 2.24) is 0 Å². The van der Waals surface area contributed by atoms with Crippen molar-refractivity contribution in [3.8, 4) is 0 Å². The number of cyclic esters (lactones) is 1. The van der Waals surface area contributed by atoms with Crippen LogP contribution >= 0.6 is 0 Å². The van der Waals surface area contributed by atoms with Gasteiger partial charge in [0.1, 0.15) is 54.9 Å². The number of hydrogen-bond donors (Lipinski definition) is 14. The minimum absolute atomic E-state index is 0. The van der Waals surface area contributed by atoms with Crippen molar-refractivity contribution < 1.29 is 120 Å². The normalized spacial score (nSPS) is 21.5. The summed E-state index contributed by atoms with van der Waals surface area (Å²) in [6.45, 7) is -2.40. The monoisotopic (exact) mass is 630 g/mol. The van der Waals surface area contributed by atoms with Crippen LogP contribution in [0.5, 0.6) is 0 Å². The molecule has 0 aliphatic carbocycles. The molecule has 1 aliphatic rings. The van der Waals surface area contributed by atoms with Gasteiger partial charge in [0.05, 0.1) is 31.8 Å². The largest absolute Gasteiger partial charge is 2.00 e. The first kappa shape index (κ1) is 41.4. The molecule has 0 spiro atoms. The Balaban J connectivity index is -0.000000492. The number of aliphatic hydroxyl groups is 14. The molecule has 0 amide bonds. The quantitative estimate of drug-likeness (QED) is 0.0701. The van der Waals surface area contributed by atoms with Crippen LogP contribution < -0.4 is 10.2 Å². The molecule has 39 heavy (non-hydrogen) atoms. The summed E-state index contributed by atoms with van der Waals surface area (Å²) in [5.74, 6) is -6.73. The van der Waals surface area contributed by atoms with Gasteiger partial charge >= 0.3 is 25.4 Å². The Labute approximate surface area is 230 Å². The first-order chi connectivity index (χ1) is 17.4. The molecular weight excluding hydrogens is 602 g/mol. The summed E-state index contributed by atoms with van der Waals surface area (Å²) < 4.78 is 4.32. The zero-order valence-electron chi connectivity index (χ0n) is 19.8. The molecular formula is C18H30O20Zn. The Hall–Kier alpha value is -2.11. The molecule has 1 rings (SSSR count). The number of carbonyl (C=O) groups is 3. The molecule has 224 valence electrons. The third-order valence-corrected chi connectivity index (χ3v) is 4.47. The second-order valence-electron chi connectivity index (χ2n) is 7.30. The molecule has 0 bridgehead atoms. The van der Waals surface area contributed by atoms with Crippen LogP contribution in [0.2, 0.25) is 0 Å². The van der Waals surface area contributed by atoms with E-state index in [1.165, 1.54) is 0 Å². The van der Waals surface area contributed by atoms with Crippen LogP contribution in [0.4, 0.5) is 0 Å². The van der Waals surface area contributed by atoms with Gasteiger partial charge in [0.15, 0.2) is 11.9 Å². The molecule has 0 saturated carbocycles. The fourth-order valence-electron chi connectivity index (χ4n) is 2.15. The van der Waals surface area contributed by atoms with Crippen LogP contribution in [0.3, 0.4) is 0 Å². The van der Waals surface area contributed by atoms with Crippen LogP contribution in [0.15, 0.2) is 11.5 Å². The van der Waals surface area contributed by atoms with Gasteiger partial charge in [-0.1, -0.05) is 0 Å². The van der Waals surface area contributed by atoms with E-state index < -0.39 is 110 Å². The molecule has 0 aromatic carbocycles. The molecule has 0 unspecified atom stereocenters. The van der Waals surface area contributed by atoms with Crippen molar-refractivity contribution in [3.05, 3.63) is 11.5 Å². The van der Waals surface area contributed by atoms with Crippen LogP contribution in [-0.4, -0.2) is 170 Å². The van der Waals surface area contributed by atoms with Gasteiger partial charge in [0, 0.05) is 0 Å². The van der Waals surface area contributed by atoms with E-state index >= 15 is 0 Å². The summed E-state index contributed by atoms with van der Waals surface area (Å²) in [5.41, 5.74) is 0. The summed E-state index contributed by atoms with van der Waals surface area (Å²) in [4.78, 5) is 30.5. The topological polar surface area (TPSA) is 390 Å². The molecule has 0 saturated heterocycles. The van der Waals surface area contributed by atoms with Crippen LogP contribution in [0.1, 0.15) is 0 Å². The van der Waals surface area contributed by atoms with Crippen molar-refractivity contribution in [1.29, 1.82) is 0 Å². The fraction of sp³-hybridized carbons (Fsp3) is 0.722. The molecule has 0 radical (unpaired) electrons. The molecule has 1 heterocycles. The number of rotatable bonds is 12. The Morgan fingerprint density at radius 2 is 1.03 bits per heavy atom. The van der Waals surface area contributed by atoms with E-state index in [1.807, 2.05) is 0 Å². The van der Waals surface area contributed by atoms with Gasteiger partial charge in [-0.3, -0.25) is 0 Å². The first-order valence-corrected chi connectivity index (χ1v) is 10.1. The predicted octanol–water partition coefficient (Wildman–Crippen LogP) is -11.1. The molecule has 0 aromatic heterocycles. The van der Waals surface area contributed by atoms with Crippen molar-refractivity contribution in [2.45, 2.75) is 61.0 Å². The van der Waals surface area contributed by atoms with Crippen LogP contribution in [0, 0.1) is 0 Å². The van der Waals surface area contributed by atoms with Crippen molar-refractivity contribution >= 4 is 17.9 Å². The summed E-state index contributed by atoms with van der Waals surface area (Å²) >= 11 is 0. The molecule has 21 heteroatoms. The maximum absolute atomic E-state index is 10.5. The second kappa shape index (κ2) is 19.9. The van der Waals surface area contributed by atoms with Crippen molar-refractivity contribution in [2.24, 2.45) is 0 Å². The molecule has 10 atom stereocenters. The fourth-order valence-corrected chi connectivity index (χ4v) is 2.15. The number of hydrogen-bond acceptors (Lipinski definition) is 20. The standard InChI is InChI=1S/2C6H12O7.C6H8O6.Zn/c2*7-1-2(8)3(9)4(10)5(11)6(12)13;7-1-2(8)5-3(9)4(10)6(11)12-5;/h2*2-5,7-11H,1H2,(H,12,13);2,5,7-10H,1H2;/q;;;+2/p-2/t2*2-,3-,4+,5-;2-,5+;/m110./s1. The van der Waals surface area contributed by atoms with Gasteiger partial charge in [-0.05, 0) is 0 Å². The number of aliphatic hydroxyl groups excluding tert-OH is 14. The van der Waals surface area contributed by atoms with Crippen LogP contribution in [-0.2, 0) is 38.6 Å². The number of ether oxygens (including phenoxy) is 1. The summed E-state index contributed by atoms with van der Waals surface area (Å²) in [6, 6.07) is 0. The Morgan fingerprint density at radius 3 is 1.23 bits per heavy atom. The maximum atomic E-state index is 10.5. The summed E-state index contributed by atoms with van der Waals surface area (Å²) in [7, 11) is 0. The predicted molar refractivity (Wildman–Crippen MR) is 107 cm³/mol. The minimum Gasteiger partial charge on any atom is -0.547 e. The Morgan fingerprint density at radius 1 is 0.692 bits per heavy atom. The second-order valence-corrected chi connectivity index (χ2v) is 7.30. The van der Waals surface area contributed by atoms with E-state index in [1.54, 1.807) is 0 Å². The van der Waals surface area contributed by atoms with E-state index in [0.717, 1.165) is 0 Å². The summed E-state index contributed by atoms with van der Waals surface area (Å²) in [5, 5.41) is 142. The molecule has 14 N–H and O–H groups in total. The third-order valence-electron chi connectivity index (χ3n) is 4.47. The van der Waals surface area contributed by atoms with Crippen molar-refractivity contribution in [3.63, 3.8) is 0 Å². The molecule has 20 nitrogen and oxygen atoms in total. The van der Waals surface area contributed by atoms with Gasteiger partial charge in [0.25, 0.3) is 0 Å². The van der Waals surface area contributed by atoms with E-state index in [2.05, 4.69) is 4.74 Å². The van der Waals surface area contributed by atoms with E-state index in [-0.39, 0.29) is 19.5 Å². The maximum Gasteiger partial charge on any atom is 2.00 e. The number of carboxylic acids is 2. The van der Waals surface area contributed by atoms with E-state index in [9.17, 15) is 24.6 Å². The number of carboxylic acid groups (broad SMARTS) is 2. The number of carbonyl (C=O) groups excluding carboxylic acids is 3. The summed E-state index contributed by atoms with van der Waals surface area (Å²) in [6.07, 6.45) is -18.9. The first-order valence-electron chi connectivity index (χ1n) is 10.1. The molecule has 1 aliphatic heterocycles.